The Morgan fingerprint density at radius 3 is 2.49 bits per heavy atom. The molecule has 0 aromatic heterocycles. The van der Waals surface area contributed by atoms with Gasteiger partial charge in [-0.05, 0) is 94.5 Å². The lowest BCUT2D eigenvalue weighted by atomic mass is 9.48. The Kier molecular flexibility index (Phi) is 7.08. The Balaban J connectivity index is 1.40. The van der Waals surface area contributed by atoms with Crippen LogP contribution in [-0.2, 0) is 37.7 Å². The summed E-state index contributed by atoms with van der Waals surface area (Å²) in [4.78, 5) is 43.2. The van der Waals surface area contributed by atoms with Crippen LogP contribution in [0.5, 0.6) is 0 Å². The van der Waals surface area contributed by atoms with E-state index >= 15 is 0 Å². The maximum Gasteiger partial charge on any atom is 0.410 e. The Morgan fingerprint density at radius 1 is 1.13 bits per heavy atom. The summed E-state index contributed by atoms with van der Waals surface area (Å²) in [6, 6.07) is 0. The van der Waals surface area contributed by atoms with Gasteiger partial charge in [0.1, 0.15) is 23.6 Å². The molecule has 4 aliphatic carbocycles. The van der Waals surface area contributed by atoms with Gasteiger partial charge in [0.15, 0.2) is 19.9 Å². The van der Waals surface area contributed by atoms with Crippen LogP contribution in [0, 0.1) is 16.2 Å². The molecule has 1 amide bonds. The van der Waals surface area contributed by atoms with E-state index in [9.17, 15) is 14.4 Å². The van der Waals surface area contributed by atoms with E-state index in [1.807, 2.05) is 20.8 Å². The van der Waals surface area contributed by atoms with Crippen molar-refractivity contribution in [2.75, 3.05) is 33.6 Å². The number of hydrogen-bond acceptors (Lipinski definition) is 9. The van der Waals surface area contributed by atoms with E-state index in [0.29, 0.717) is 32.4 Å². The van der Waals surface area contributed by atoms with Gasteiger partial charge in [0, 0.05) is 25.6 Å². The first-order valence-electron chi connectivity index (χ1n) is 17.1. The van der Waals surface area contributed by atoms with Crippen molar-refractivity contribution in [3.63, 3.8) is 0 Å². The molecular formula is C36H51NO9Si. The molecule has 7 aliphatic rings. The van der Waals surface area contributed by atoms with Crippen LogP contribution >= 0.6 is 0 Å². The van der Waals surface area contributed by atoms with Crippen molar-refractivity contribution in [2.24, 2.45) is 16.2 Å². The van der Waals surface area contributed by atoms with Crippen molar-refractivity contribution in [3.8, 4) is 0 Å². The van der Waals surface area contributed by atoms with Gasteiger partial charge < -0.3 is 33.0 Å². The van der Waals surface area contributed by atoms with E-state index in [4.69, 9.17) is 28.1 Å². The molecule has 7 rings (SSSR count). The van der Waals surface area contributed by atoms with Gasteiger partial charge in [0.25, 0.3) is 0 Å². The smallest absolute Gasteiger partial charge is 0.410 e. The minimum atomic E-state index is -2.23. The van der Waals surface area contributed by atoms with Crippen molar-refractivity contribution in [3.05, 3.63) is 35.5 Å². The zero-order valence-corrected chi connectivity index (χ0v) is 30.6. The molecule has 0 radical (unpaired) electrons. The summed E-state index contributed by atoms with van der Waals surface area (Å²) in [5.74, 6) is -0.154. The first kappa shape index (κ1) is 33.3. The number of ketones is 2. The highest BCUT2D eigenvalue weighted by Gasteiger charge is 2.96. The highest BCUT2D eigenvalue weighted by molar-refractivity contribution is 6.74. The minimum Gasteiger partial charge on any atom is -0.444 e. The summed E-state index contributed by atoms with van der Waals surface area (Å²) in [7, 11) is -0.661. The Morgan fingerprint density at radius 2 is 1.83 bits per heavy atom. The second-order valence-corrected chi connectivity index (χ2v) is 22.0. The number of carbonyl (C=O) groups excluding carboxylic acids is 3. The van der Waals surface area contributed by atoms with E-state index in [1.165, 1.54) is 12.2 Å². The fraction of sp³-hybridized carbons (Fsp3) is 0.750. The highest BCUT2D eigenvalue weighted by Crippen LogP contribution is 2.87. The van der Waals surface area contributed by atoms with Crippen LogP contribution in [0.15, 0.2) is 35.5 Å². The van der Waals surface area contributed by atoms with Gasteiger partial charge in [-0.3, -0.25) is 9.59 Å². The molecule has 2 saturated heterocycles. The predicted molar refractivity (Wildman–Crippen MR) is 175 cm³/mol. The average Bonchev–Trinajstić information content (AvgIpc) is 3.38. The second kappa shape index (κ2) is 9.97. The lowest BCUT2D eigenvalue weighted by Crippen LogP contribution is -2.71. The number of allylic oxidation sites excluding steroid dienone is 2. The lowest BCUT2D eigenvalue weighted by Gasteiger charge is -2.61. The molecule has 1 spiro atoms. The number of carbonyl (C=O) groups is 3. The Labute approximate surface area is 279 Å². The van der Waals surface area contributed by atoms with Gasteiger partial charge in [0.2, 0.25) is 0 Å². The summed E-state index contributed by atoms with van der Waals surface area (Å²) in [6.07, 6.45) is 6.57. The van der Waals surface area contributed by atoms with Crippen molar-refractivity contribution in [1.82, 2.24) is 4.90 Å². The van der Waals surface area contributed by atoms with E-state index in [0.717, 1.165) is 11.1 Å². The summed E-state index contributed by atoms with van der Waals surface area (Å²) in [5.41, 5.74) is -3.68. The molecule has 1 unspecified atom stereocenters. The molecule has 3 heterocycles. The minimum absolute atomic E-state index is 0.0186. The Hall–Kier alpha value is -2.15. The zero-order valence-electron chi connectivity index (χ0n) is 29.6. The molecule has 3 aliphatic heterocycles. The second-order valence-electron chi connectivity index (χ2n) is 17.3. The standard InChI is InChI=1S/C36H51NO9Si/c1-22(46-47(9,10)31(5,6)7)23-13-14-35-24-17-27-33-19-34(33,26(39)12-11-25(33)38)36(24,44-27)28(42-21-41-8)18-32(23,35)20-37(15-16-43-35)29(40)45-30(2,3)4/h11-13,17,22,27-28H,14-16,18-21H2,1-10H3/t22-,27+,28-,32+,33?,34+,35+,36+/m1/s1. The summed E-state index contributed by atoms with van der Waals surface area (Å²) < 4.78 is 39.2. The first-order valence-corrected chi connectivity index (χ1v) is 20.0. The molecule has 258 valence electrons. The van der Waals surface area contributed by atoms with E-state index < -0.39 is 59.7 Å². The number of amides is 1. The van der Waals surface area contributed by atoms with E-state index in [1.54, 1.807) is 12.0 Å². The molecule has 10 nitrogen and oxygen atoms in total. The topological polar surface area (TPSA) is 110 Å². The number of fused-ring (bicyclic) bond motifs is 1. The van der Waals surface area contributed by atoms with E-state index in [2.05, 4.69) is 52.9 Å². The summed E-state index contributed by atoms with van der Waals surface area (Å²) in [5, 5.41) is -0.0186. The van der Waals surface area contributed by atoms with Crippen LogP contribution in [0.3, 0.4) is 0 Å². The molecule has 4 fully saturated rings. The fourth-order valence-electron chi connectivity index (χ4n) is 9.98. The number of hydrogen-bond donors (Lipinski definition) is 0. The van der Waals surface area contributed by atoms with Crippen molar-refractivity contribution >= 4 is 26.0 Å². The van der Waals surface area contributed by atoms with Crippen molar-refractivity contribution in [1.29, 1.82) is 0 Å². The molecule has 0 aromatic rings. The number of ether oxygens (including phenoxy) is 5. The SMILES string of the molecule is COCO[C@@H]1C[C@@]23CN(C(=O)OC(C)(C)C)CCO[C@@]2(CC=C3[C@@H](C)O[Si](C)(C)C(C)(C)C)C2=C[C@@H]3O[C@@]21[C@]12CC31C(=O)C=CC2=O. The monoisotopic (exact) mass is 669 g/mol. The van der Waals surface area contributed by atoms with Crippen LogP contribution < -0.4 is 0 Å². The molecule has 11 heteroatoms. The van der Waals surface area contributed by atoms with Gasteiger partial charge in [-0.1, -0.05) is 26.8 Å². The summed E-state index contributed by atoms with van der Waals surface area (Å²) >= 11 is 0. The largest absolute Gasteiger partial charge is 0.444 e. The maximum atomic E-state index is 14.1. The third kappa shape index (κ3) is 3.98. The molecule has 0 aromatic carbocycles. The molecule has 47 heavy (non-hydrogen) atoms. The fourth-order valence-corrected chi connectivity index (χ4v) is 11.3. The maximum absolute atomic E-state index is 14.1. The highest BCUT2D eigenvalue weighted by atomic mass is 28.4. The van der Waals surface area contributed by atoms with Crippen LogP contribution in [0.25, 0.3) is 0 Å². The van der Waals surface area contributed by atoms with Gasteiger partial charge in [-0.2, -0.15) is 0 Å². The molecule has 2 bridgehead atoms. The van der Waals surface area contributed by atoms with Gasteiger partial charge in [0.05, 0.1) is 35.7 Å². The van der Waals surface area contributed by atoms with E-state index in [-0.39, 0.29) is 36.1 Å². The molecule has 0 N–H and O–H groups in total. The van der Waals surface area contributed by atoms with Crippen molar-refractivity contribution < 1.29 is 42.5 Å². The molecule has 2 saturated carbocycles. The number of nitrogens with zero attached hydrogens (tertiary/aromatic N) is 1. The third-order valence-corrected chi connectivity index (χ3v) is 17.4. The number of methoxy groups -OCH3 is 1. The quantitative estimate of drug-likeness (QED) is 0.212. The van der Waals surface area contributed by atoms with Gasteiger partial charge >= 0.3 is 6.09 Å². The Bertz CT molecular complexity index is 1520. The molecular weight excluding hydrogens is 618 g/mol. The first-order chi connectivity index (χ1) is 21.8. The van der Waals surface area contributed by atoms with Gasteiger partial charge in [-0.25, -0.2) is 4.79 Å². The van der Waals surface area contributed by atoms with Crippen LogP contribution in [0.1, 0.15) is 67.7 Å². The predicted octanol–water partition coefficient (Wildman–Crippen LogP) is 5.27. The van der Waals surface area contributed by atoms with Crippen LogP contribution in [0.4, 0.5) is 4.79 Å². The lowest BCUT2D eigenvalue weighted by molar-refractivity contribution is -0.225. The van der Waals surface area contributed by atoms with Crippen LogP contribution in [-0.4, -0.2) is 99.6 Å². The molecule has 8 atom stereocenters. The third-order valence-electron chi connectivity index (χ3n) is 12.9. The normalized spacial score (nSPS) is 40.9. The van der Waals surface area contributed by atoms with Crippen LogP contribution in [0.2, 0.25) is 18.1 Å². The van der Waals surface area contributed by atoms with Crippen molar-refractivity contribution in [2.45, 2.75) is 121 Å². The van der Waals surface area contributed by atoms with Gasteiger partial charge in [-0.15, -0.1) is 0 Å². The zero-order chi connectivity index (χ0) is 34.2. The number of rotatable bonds is 6. The average molecular weight is 670 g/mol. The summed E-state index contributed by atoms with van der Waals surface area (Å²) in [6.45, 7) is 19.8.